The van der Waals surface area contributed by atoms with Gasteiger partial charge in [-0.15, -0.1) is 5.10 Å². The minimum absolute atomic E-state index is 0.0966. The van der Waals surface area contributed by atoms with Gasteiger partial charge in [-0.2, -0.15) is 0 Å². The van der Waals surface area contributed by atoms with Gasteiger partial charge in [0, 0.05) is 12.0 Å². The SMILES string of the molecule is CC(C)(C)OC(=O)C(N)(Cc1ccc(OCn2cc(-c3ccccc3)nn2)cc1)C(=O)OC(C)(C)C. The van der Waals surface area contributed by atoms with Gasteiger partial charge in [0.2, 0.25) is 5.54 Å². The van der Waals surface area contributed by atoms with Gasteiger partial charge in [-0.25, -0.2) is 14.3 Å². The molecule has 192 valence electrons. The van der Waals surface area contributed by atoms with Gasteiger partial charge in [-0.05, 0) is 59.2 Å². The molecule has 0 saturated heterocycles. The zero-order chi connectivity index (χ0) is 26.6. The average Bonchev–Trinajstić information content (AvgIpc) is 3.26. The number of nitrogens with two attached hydrogens (primary N) is 1. The topological polar surface area (TPSA) is 119 Å². The first-order valence-corrected chi connectivity index (χ1v) is 11.7. The minimum Gasteiger partial charge on any atom is -0.471 e. The number of hydrogen-bond acceptors (Lipinski definition) is 8. The van der Waals surface area contributed by atoms with Crippen molar-refractivity contribution in [1.29, 1.82) is 0 Å². The summed E-state index contributed by atoms with van der Waals surface area (Å²) in [6.45, 7) is 10.4. The molecule has 36 heavy (non-hydrogen) atoms. The van der Waals surface area contributed by atoms with E-state index in [4.69, 9.17) is 19.9 Å². The van der Waals surface area contributed by atoms with Crippen molar-refractivity contribution in [1.82, 2.24) is 15.0 Å². The van der Waals surface area contributed by atoms with E-state index in [2.05, 4.69) is 10.3 Å². The van der Waals surface area contributed by atoms with Gasteiger partial charge in [-0.3, -0.25) is 0 Å². The molecule has 3 rings (SSSR count). The van der Waals surface area contributed by atoms with Crippen molar-refractivity contribution >= 4 is 11.9 Å². The molecular weight excluding hydrogens is 460 g/mol. The standard InChI is InChI=1S/C27H34N4O5/c1-25(2,3)35-23(32)27(28,24(33)36-26(4,5)6)16-19-12-14-21(15-13-19)34-18-31-17-22(29-30-31)20-10-8-7-9-11-20/h7-15,17H,16,18,28H2,1-6H3. The van der Waals surface area contributed by atoms with Crippen molar-refractivity contribution in [3.05, 3.63) is 66.4 Å². The van der Waals surface area contributed by atoms with Crippen LogP contribution in [-0.2, 0) is 32.2 Å². The van der Waals surface area contributed by atoms with Crippen molar-refractivity contribution in [2.24, 2.45) is 5.73 Å². The van der Waals surface area contributed by atoms with E-state index in [0.29, 0.717) is 11.3 Å². The van der Waals surface area contributed by atoms with Crippen LogP contribution in [-0.4, -0.2) is 43.7 Å². The van der Waals surface area contributed by atoms with E-state index in [-0.39, 0.29) is 13.2 Å². The van der Waals surface area contributed by atoms with Crippen molar-refractivity contribution in [2.45, 2.75) is 71.4 Å². The van der Waals surface area contributed by atoms with Crippen LogP contribution in [0.5, 0.6) is 5.75 Å². The van der Waals surface area contributed by atoms with Crippen molar-refractivity contribution in [2.75, 3.05) is 0 Å². The van der Waals surface area contributed by atoms with E-state index >= 15 is 0 Å². The lowest BCUT2D eigenvalue weighted by Gasteiger charge is -2.32. The highest BCUT2D eigenvalue weighted by Gasteiger charge is 2.48. The maximum atomic E-state index is 13.0. The fourth-order valence-electron chi connectivity index (χ4n) is 3.23. The highest BCUT2D eigenvalue weighted by atomic mass is 16.6. The molecule has 0 aliphatic rings. The summed E-state index contributed by atoms with van der Waals surface area (Å²) in [5.41, 5.74) is 5.08. The molecular formula is C27H34N4O5. The molecule has 0 radical (unpaired) electrons. The van der Waals surface area contributed by atoms with E-state index in [1.165, 1.54) is 0 Å². The Kier molecular flexibility index (Phi) is 7.83. The Balaban J connectivity index is 1.69. The fourth-order valence-corrected chi connectivity index (χ4v) is 3.23. The molecule has 0 aliphatic heterocycles. The van der Waals surface area contributed by atoms with Crippen LogP contribution in [0.4, 0.5) is 0 Å². The third-order valence-corrected chi connectivity index (χ3v) is 4.90. The number of benzene rings is 2. The Morgan fingerprint density at radius 1 is 0.861 bits per heavy atom. The Morgan fingerprint density at radius 2 is 1.42 bits per heavy atom. The second-order valence-corrected chi connectivity index (χ2v) is 10.6. The van der Waals surface area contributed by atoms with Crippen molar-refractivity contribution in [3.63, 3.8) is 0 Å². The van der Waals surface area contributed by atoms with Crippen molar-refractivity contribution < 1.29 is 23.8 Å². The molecule has 0 spiro atoms. The number of carbonyl (C=O) groups excluding carboxylic acids is 2. The molecule has 9 nitrogen and oxygen atoms in total. The number of hydrogen-bond donors (Lipinski definition) is 1. The minimum atomic E-state index is -2.00. The van der Waals surface area contributed by atoms with E-state index in [9.17, 15) is 9.59 Å². The summed E-state index contributed by atoms with van der Waals surface area (Å²) in [5.74, 6) is -1.11. The molecule has 1 heterocycles. The second-order valence-electron chi connectivity index (χ2n) is 10.6. The van der Waals surface area contributed by atoms with Crippen LogP contribution in [0.15, 0.2) is 60.8 Å². The van der Waals surface area contributed by atoms with E-state index in [1.807, 2.05) is 30.3 Å². The quantitative estimate of drug-likeness (QED) is 0.370. The lowest BCUT2D eigenvalue weighted by molar-refractivity contribution is -0.176. The van der Waals surface area contributed by atoms with Crippen LogP contribution in [0.25, 0.3) is 11.3 Å². The molecule has 1 aromatic heterocycles. The average molecular weight is 495 g/mol. The fraction of sp³-hybridized carbons (Fsp3) is 0.407. The number of ether oxygens (including phenoxy) is 3. The second kappa shape index (κ2) is 10.5. The first-order valence-electron chi connectivity index (χ1n) is 11.7. The van der Waals surface area contributed by atoms with Crippen LogP contribution in [0.3, 0.4) is 0 Å². The third kappa shape index (κ3) is 7.39. The van der Waals surface area contributed by atoms with Gasteiger partial charge < -0.3 is 19.9 Å². The predicted molar refractivity (Wildman–Crippen MR) is 135 cm³/mol. The lowest BCUT2D eigenvalue weighted by atomic mass is 9.91. The zero-order valence-electron chi connectivity index (χ0n) is 21.6. The van der Waals surface area contributed by atoms with Crippen LogP contribution < -0.4 is 10.5 Å². The van der Waals surface area contributed by atoms with Gasteiger partial charge in [-0.1, -0.05) is 47.7 Å². The van der Waals surface area contributed by atoms with E-state index in [0.717, 1.165) is 11.3 Å². The molecule has 0 amide bonds. The molecule has 3 aromatic rings. The van der Waals surface area contributed by atoms with Crippen LogP contribution in [0, 0.1) is 0 Å². The summed E-state index contributed by atoms with van der Waals surface area (Å²) in [4.78, 5) is 25.9. The summed E-state index contributed by atoms with van der Waals surface area (Å²) in [6.07, 6.45) is 1.70. The first-order chi connectivity index (χ1) is 16.7. The maximum absolute atomic E-state index is 13.0. The summed E-state index contributed by atoms with van der Waals surface area (Å²) >= 11 is 0. The van der Waals surface area contributed by atoms with Gasteiger partial charge in [0.25, 0.3) is 0 Å². The predicted octanol–water partition coefficient (Wildman–Crippen LogP) is 3.91. The van der Waals surface area contributed by atoms with Crippen LogP contribution in [0.1, 0.15) is 47.1 Å². The Labute approximate surface area is 211 Å². The van der Waals surface area contributed by atoms with E-state index < -0.39 is 28.7 Å². The lowest BCUT2D eigenvalue weighted by Crippen LogP contribution is -2.60. The van der Waals surface area contributed by atoms with Crippen LogP contribution >= 0.6 is 0 Å². The number of aromatic nitrogens is 3. The Bertz CT molecular complexity index is 1150. The smallest absolute Gasteiger partial charge is 0.338 e. The molecule has 2 N–H and O–H groups in total. The zero-order valence-corrected chi connectivity index (χ0v) is 21.6. The summed E-state index contributed by atoms with van der Waals surface area (Å²) in [5, 5.41) is 8.26. The summed E-state index contributed by atoms with van der Waals surface area (Å²) in [7, 11) is 0. The molecule has 0 fully saturated rings. The first kappa shape index (κ1) is 26.9. The number of carbonyl (C=O) groups is 2. The molecule has 0 atom stereocenters. The Morgan fingerprint density at radius 3 is 1.94 bits per heavy atom. The Hall–Kier alpha value is -3.72. The highest BCUT2D eigenvalue weighted by Crippen LogP contribution is 2.23. The van der Waals surface area contributed by atoms with Crippen molar-refractivity contribution in [3.8, 4) is 17.0 Å². The maximum Gasteiger partial charge on any atom is 0.338 e. The molecule has 0 unspecified atom stereocenters. The number of rotatable bonds is 8. The van der Waals surface area contributed by atoms with Gasteiger partial charge in [0.05, 0.1) is 6.20 Å². The highest BCUT2D eigenvalue weighted by molar-refractivity contribution is 6.05. The summed E-state index contributed by atoms with van der Waals surface area (Å²) in [6, 6.07) is 16.7. The molecule has 0 saturated carbocycles. The molecule has 0 bridgehead atoms. The summed E-state index contributed by atoms with van der Waals surface area (Å²) < 4.78 is 18.3. The largest absolute Gasteiger partial charge is 0.471 e. The molecule has 0 aliphatic carbocycles. The number of esters is 2. The van der Waals surface area contributed by atoms with E-state index in [1.54, 1.807) is 76.7 Å². The van der Waals surface area contributed by atoms with Crippen LogP contribution in [0.2, 0.25) is 0 Å². The van der Waals surface area contributed by atoms with Gasteiger partial charge in [0.1, 0.15) is 22.6 Å². The monoisotopic (exact) mass is 494 g/mol. The van der Waals surface area contributed by atoms with Gasteiger partial charge >= 0.3 is 11.9 Å². The molecule has 9 heteroatoms. The molecule has 2 aromatic carbocycles. The normalized spacial score (nSPS) is 12.2. The van der Waals surface area contributed by atoms with Gasteiger partial charge in [0.15, 0.2) is 6.73 Å². The number of nitrogens with zero attached hydrogens (tertiary/aromatic N) is 3. The third-order valence-electron chi connectivity index (χ3n) is 4.90.